The van der Waals surface area contributed by atoms with Gasteiger partial charge in [0.2, 0.25) is 0 Å². The summed E-state index contributed by atoms with van der Waals surface area (Å²) < 4.78 is 12.3. The first-order chi connectivity index (χ1) is 13.4. The smallest absolute Gasteiger partial charge is 0.339 e. The highest BCUT2D eigenvalue weighted by Crippen LogP contribution is 2.70. The lowest BCUT2D eigenvalue weighted by atomic mass is 9.46. The lowest BCUT2D eigenvalue weighted by Gasteiger charge is -2.59. The number of allylic oxidation sites excluding steroid dienone is 4. The van der Waals surface area contributed by atoms with E-state index in [1.54, 1.807) is 26.0 Å². The lowest BCUT2D eigenvalue weighted by molar-refractivity contribution is -0.232. The van der Waals surface area contributed by atoms with Crippen molar-refractivity contribution in [3.05, 3.63) is 23.8 Å². The van der Waals surface area contributed by atoms with Gasteiger partial charge in [-0.05, 0) is 63.5 Å². The first kappa shape index (κ1) is 19.5. The molecule has 4 fully saturated rings. The minimum atomic E-state index is -1.44. The number of carbonyl (C=O) groups is 2. The van der Waals surface area contributed by atoms with Crippen molar-refractivity contribution in [3.8, 4) is 0 Å². The van der Waals surface area contributed by atoms with Gasteiger partial charge in [-0.25, -0.2) is 4.79 Å². The van der Waals surface area contributed by atoms with Crippen LogP contribution in [-0.4, -0.2) is 45.6 Å². The molecule has 5 rings (SSSR count). The molecule has 5 aliphatic rings. The predicted molar refractivity (Wildman–Crippen MR) is 104 cm³/mol. The van der Waals surface area contributed by atoms with Crippen molar-refractivity contribution in [2.24, 2.45) is 28.6 Å². The quantitative estimate of drug-likeness (QED) is 0.701. The Kier molecular flexibility index (Phi) is 3.75. The van der Waals surface area contributed by atoms with E-state index in [4.69, 9.17) is 9.47 Å². The molecule has 8 atom stereocenters. The van der Waals surface area contributed by atoms with Crippen molar-refractivity contribution in [2.75, 3.05) is 0 Å². The Morgan fingerprint density at radius 1 is 1.24 bits per heavy atom. The first-order valence-electron chi connectivity index (χ1n) is 10.7. The van der Waals surface area contributed by atoms with Crippen LogP contribution >= 0.6 is 0 Å². The Labute approximate surface area is 170 Å². The minimum absolute atomic E-state index is 0.00956. The number of hydrogen-bond donors (Lipinski definition) is 2. The molecule has 158 valence electrons. The van der Waals surface area contributed by atoms with Gasteiger partial charge in [-0.3, -0.25) is 4.79 Å². The highest BCUT2D eigenvalue weighted by atomic mass is 16.8. The van der Waals surface area contributed by atoms with E-state index in [0.29, 0.717) is 12.8 Å². The molecule has 0 amide bonds. The Morgan fingerprint density at radius 2 is 1.97 bits per heavy atom. The molecule has 1 saturated heterocycles. The van der Waals surface area contributed by atoms with Crippen LogP contribution in [0.25, 0.3) is 0 Å². The maximum absolute atomic E-state index is 12.6. The molecule has 1 aliphatic heterocycles. The molecule has 29 heavy (non-hydrogen) atoms. The molecule has 1 heterocycles. The highest BCUT2D eigenvalue weighted by molar-refractivity contribution is 6.01. The monoisotopic (exact) mass is 402 g/mol. The maximum Gasteiger partial charge on any atom is 0.339 e. The fraction of sp³-hybridized carbons (Fsp3) is 0.739. The molecule has 2 N–H and O–H groups in total. The molecular formula is C23H30O6. The number of aliphatic carboxylic acids is 1. The van der Waals surface area contributed by atoms with Crippen LogP contribution in [0.4, 0.5) is 0 Å². The predicted octanol–water partition coefficient (Wildman–Crippen LogP) is 2.85. The summed E-state index contributed by atoms with van der Waals surface area (Å²) in [5.74, 6) is -1.74. The van der Waals surface area contributed by atoms with Gasteiger partial charge in [-0.2, -0.15) is 0 Å². The summed E-state index contributed by atoms with van der Waals surface area (Å²) in [6.45, 7) is 7.62. The largest absolute Gasteiger partial charge is 0.479 e. The highest BCUT2D eigenvalue weighted by Gasteiger charge is 2.77. The summed E-state index contributed by atoms with van der Waals surface area (Å²) >= 11 is 0. The van der Waals surface area contributed by atoms with Gasteiger partial charge >= 0.3 is 5.97 Å². The molecule has 0 aromatic rings. The van der Waals surface area contributed by atoms with Gasteiger partial charge in [0, 0.05) is 16.7 Å². The Morgan fingerprint density at radius 3 is 2.66 bits per heavy atom. The van der Waals surface area contributed by atoms with Crippen molar-refractivity contribution in [2.45, 2.75) is 77.0 Å². The Balaban J connectivity index is 1.59. The van der Waals surface area contributed by atoms with Crippen LogP contribution in [0.3, 0.4) is 0 Å². The normalized spacial score (nSPS) is 52.2. The van der Waals surface area contributed by atoms with E-state index < -0.39 is 35.0 Å². The summed E-state index contributed by atoms with van der Waals surface area (Å²) in [6, 6.07) is 0. The number of hydrogen-bond acceptors (Lipinski definition) is 5. The standard InChI is InChI=1S/C23H30O6/c1-20(2)28-17-10-15-14-6-5-12-9-13(24)7-8-21(12,3)18(14)16(25)11-22(15,4)23(17,29-20)19(26)27/h7-9,14-18,25H,5-6,10-11H2,1-4H3,(H,26,27)/t14-,15-,16-,17+,18+,21-,22-,23-/m0/s1. The Bertz CT molecular complexity index is 857. The van der Waals surface area contributed by atoms with E-state index >= 15 is 0 Å². The number of ketones is 1. The zero-order chi connectivity index (χ0) is 21.0. The van der Waals surface area contributed by atoms with Crippen LogP contribution in [0.1, 0.15) is 53.4 Å². The van der Waals surface area contributed by atoms with Crippen LogP contribution in [0.5, 0.6) is 0 Å². The van der Waals surface area contributed by atoms with Crippen molar-refractivity contribution >= 4 is 11.8 Å². The minimum Gasteiger partial charge on any atom is -0.479 e. The lowest BCUT2D eigenvalue weighted by Crippen LogP contribution is -2.63. The summed E-state index contributed by atoms with van der Waals surface area (Å²) in [5.41, 5.74) is -1.44. The molecular weight excluding hydrogens is 372 g/mol. The number of aliphatic hydroxyl groups excluding tert-OH is 1. The Hall–Kier alpha value is -1.50. The second kappa shape index (κ2) is 5.59. The van der Waals surface area contributed by atoms with Crippen LogP contribution in [0.15, 0.2) is 23.8 Å². The topological polar surface area (TPSA) is 93.1 Å². The number of carboxylic acid groups (broad SMARTS) is 1. The third-order valence-electron chi connectivity index (χ3n) is 8.81. The molecule has 6 heteroatoms. The van der Waals surface area contributed by atoms with Crippen molar-refractivity contribution in [1.82, 2.24) is 0 Å². The third-order valence-corrected chi connectivity index (χ3v) is 8.81. The number of fused-ring (bicyclic) bond motifs is 7. The van der Waals surface area contributed by atoms with E-state index in [1.165, 1.54) is 0 Å². The number of carboxylic acids is 1. The van der Waals surface area contributed by atoms with Gasteiger partial charge in [-0.1, -0.05) is 25.5 Å². The average Bonchev–Trinajstić information content (AvgIpc) is 3.02. The van der Waals surface area contributed by atoms with Gasteiger partial charge < -0.3 is 19.7 Å². The van der Waals surface area contributed by atoms with Crippen molar-refractivity contribution in [1.29, 1.82) is 0 Å². The third kappa shape index (κ3) is 2.23. The van der Waals surface area contributed by atoms with Gasteiger partial charge in [0.15, 0.2) is 17.2 Å². The zero-order valence-electron chi connectivity index (χ0n) is 17.5. The number of carbonyl (C=O) groups excluding carboxylic acids is 1. The SMILES string of the molecule is CC1(C)O[C@@H]2C[C@H]3[C@@H]4CCC5=CC(=O)C=C[C@]5(C)[C@H]4[C@@H](O)C[C@]3(C)[C@]2(C(=O)O)O1. The number of ether oxygens (including phenoxy) is 2. The van der Waals surface area contributed by atoms with Gasteiger partial charge in [0.1, 0.15) is 6.10 Å². The summed E-state index contributed by atoms with van der Waals surface area (Å²) in [5, 5.41) is 21.7. The molecule has 0 radical (unpaired) electrons. The van der Waals surface area contributed by atoms with Gasteiger partial charge in [0.05, 0.1) is 6.10 Å². The van der Waals surface area contributed by atoms with Crippen LogP contribution in [0.2, 0.25) is 0 Å². The second-order valence-corrected chi connectivity index (χ2v) is 10.6. The molecule has 4 aliphatic carbocycles. The number of rotatable bonds is 1. The van der Waals surface area contributed by atoms with E-state index in [2.05, 4.69) is 6.92 Å². The molecule has 3 saturated carbocycles. The number of aliphatic hydroxyl groups is 1. The van der Waals surface area contributed by atoms with Crippen LogP contribution in [-0.2, 0) is 19.1 Å². The van der Waals surface area contributed by atoms with E-state index in [0.717, 1.165) is 18.4 Å². The summed E-state index contributed by atoms with van der Waals surface area (Å²) in [7, 11) is 0. The molecule has 0 spiro atoms. The molecule has 0 aromatic carbocycles. The van der Waals surface area contributed by atoms with E-state index in [9.17, 15) is 19.8 Å². The van der Waals surface area contributed by atoms with Crippen LogP contribution in [0, 0.1) is 28.6 Å². The summed E-state index contributed by atoms with van der Waals surface area (Å²) in [6.07, 6.45) is 6.73. The molecule has 0 unspecified atom stereocenters. The molecule has 0 aromatic heterocycles. The average molecular weight is 402 g/mol. The van der Waals surface area contributed by atoms with Gasteiger partial charge in [0.25, 0.3) is 0 Å². The fourth-order valence-electron chi connectivity index (χ4n) is 7.79. The van der Waals surface area contributed by atoms with Crippen molar-refractivity contribution < 1.29 is 29.3 Å². The van der Waals surface area contributed by atoms with E-state index in [-0.39, 0.29) is 29.0 Å². The maximum atomic E-state index is 12.6. The van der Waals surface area contributed by atoms with Gasteiger partial charge in [-0.15, -0.1) is 0 Å². The van der Waals surface area contributed by atoms with Crippen LogP contribution < -0.4 is 0 Å². The fourth-order valence-corrected chi connectivity index (χ4v) is 7.79. The zero-order valence-corrected chi connectivity index (χ0v) is 17.5. The first-order valence-corrected chi connectivity index (χ1v) is 10.7. The van der Waals surface area contributed by atoms with E-state index in [1.807, 2.05) is 13.0 Å². The molecule has 0 bridgehead atoms. The molecule has 6 nitrogen and oxygen atoms in total. The van der Waals surface area contributed by atoms with Crippen molar-refractivity contribution in [3.63, 3.8) is 0 Å². The second-order valence-electron chi connectivity index (χ2n) is 10.6. The summed E-state index contributed by atoms with van der Waals surface area (Å²) in [4.78, 5) is 24.5.